The van der Waals surface area contributed by atoms with Gasteiger partial charge in [-0.25, -0.2) is 13.8 Å². The van der Waals surface area contributed by atoms with Crippen LogP contribution in [-0.2, 0) is 0 Å². The molecule has 0 spiro atoms. The highest BCUT2D eigenvalue weighted by Crippen LogP contribution is 2.40. The lowest BCUT2D eigenvalue weighted by Gasteiger charge is -2.15. The second-order valence-corrected chi connectivity index (χ2v) is 7.29. The molecule has 0 bridgehead atoms. The Labute approximate surface area is 188 Å². The van der Waals surface area contributed by atoms with E-state index in [0.29, 0.717) is 39.4 Å². The second kappa shape index (κ2) is 8.35. The van der Waals surface area contributed by atoms with Crippen molar-refractivity contribution >= 4 is 21.8 Å². The summed E-state index contributed by atoms with van der Waals surface area (Å²) in [7, 11) is 3.09. The summed E-state index contributed by atoms with van der Waals surface area (Å²) < 4.78 is 45.3. The molecule has 0 aliphatic rings. The van der Waals surface area contributed by atoms with Gasteiger partial charge < -0.3 is 14.2 Å². The van der Waals surface area contributed by atoms with Crippen LogP contribution in [0.1, 0.15) is 0 Å². The standard InChI is InChI=1S/C26H18F2N2O3/c1-31-23-13-18-21(14-24(23)32-2)29-10-9-22(18)33-25-11-15-5-3-4-6-20(15)30-26(25)17-8-7-16(27)12-19(17)28/h3-14H,1-2H3. The summed E-state index contributed by atoms with van der Waals surface area (Å²) in [5.74, 6) is 0.456. The van der Waals surface area contributed by atoms with Crippen molar-refractivity contribution in [2.75, 3.05) is 14.2 Å². The number of para-hydroxylation sites is 1. The normalized spacial score (nSPS) is 11.0. The third-order valence-corrected chi connectivity index (χ3v) is 5.30. The molecule has 2 aromatic heterocycles. The minimum Gasteiger partial charge on any atom is -0.493 e. The van der Waals surface area contributed by atoms with E-state index < -0.39 is 11.6 Å². The lowest BCUT2D eigenvalue weighted by molar-refractivity contribution is 0.355. The van der Waals surface area contributed by atoms with Gasteiger partial charge in [-0.1, -0.05) is 18.2 Å². The summed E-state index contributed by atoms with van der Waals surface area (Å²) in [6, 6.07) is 17.8. The van der Waals surface area contributed by atoms with E-state index in [1.807, 2.05) is 24.3 Å². The van der Waals surface area contributed by atoms with Crippen LogP contribution in [0.5, 0.6) is 23.0 Å². The SMILES string of the molecule is COc1cc2nccc(Oc3cc4ccccc4nc3-c3ccc(F)cc3F)c2cc1OC. The third kappa shape index (κ3) is 3.78. The zero-order valence-electron chi connectivity index (χ0n) is 17.8. The van der Waals surface area contributed by atoms with Gasteiger partial charge in [0.15, 0.2) is 17.2 Å². The molecule has 0 radical (unpaired) electrons. The highest BCUT2D eigenvalue weighted by molar-refractivity contribution is 5.89. The average Bonchev–Trinajstić information content (AvgIpc) is 2.83. The van der Waals surface area contributed by atoms with Crippen LogP contribution in [0.2, 0.25) is 0 Å². The van der Waals surface area contributed by atoms with Gasteiger partial charge in [0.2, 0.25) is 0 Å². The molecule has 7 heteroatoms. The van der Waals surface area contributed by atoms with Crippen molar-refractivity contribution in [3.63, 3.8) is 0 Å². The molecule has 0 fully saturated rings. The van der Waals surface area contributed by atoms with Crippen molar-refractivity contribution < 1.29 is 23.0 Å². The number of hydrogen-bond acceptors (Lipinski definition) is 5. The highest BCUT2D eigenvalue weighted by Gasteiger charge is 2.18. The topological polar surface area (TPSA) is 53.5 Å². The number of methoxy groups -OCH3 is 2. The minimum absolute atomic E-state index is 0.134. The largest absolute Gasteiger partial charge is 0.493 e. The Balaban J connectivity index is 1.71. The number of hydrogen-bond donors (Lipinski definition) is 0. The molecule has 164 valence electrons. The van der Waals surface area contributed by atoms with Crippen molar-refractivity contribution in [1.29, 1.82) is 0 Å². The number of aromatic nitrogens is 2. The molecule has 3 aromatic carbocycles. The van der Waals surface area contributed by atoms with Crippen LogP contribution in [0, 0.1) is 11.6 Å². The molecule has 0 atom stereocenters. The molecule has 0 unspecified atom stereocenters. The minimum atomic E-state index is -0.728. The van der Waals surface area contributed by atoms with Crippen LogP contribution in [-0.4, -0.2) is 24.2 Å². The van der Waals surface area contributed by atoms with E-state index in [-0.39, 0.29) is 11.3 Å². The van der Waals surface area contributed by atoms with Gasteiger partial charge in [0.1, 0.15) is 23.1 Å². The molecule has 0 aliphatic carbocycles. The zero-order chi connectivity index (χ0) is 22.9. The molecule has 5 rings (SSSR count). The van der Waals surface area contributed by atoms with Gasteiger partial charge in [-0.15, -0.1) is 0 Å². The van der Waals surface area contributed by atoms with Gasteiger partial charge in [-0.2, -0.15) is 0 Å². The molecular formula is C26H18F2N2O3. The Morgan fingerprint density at radius 3 is 2.30 bits per heavy atom. The predicted octanol–water partition coefficient (Wildman–Crippen LogP) is 6.54. The summed E-state index contributed by atoms with van der Waals surface area (Å²) in [5.41, 5.74) is 1.69. The number of nitrogens with zero attached hydrogens (tertiary/aromatic N) is 2. The van der Waals surface area contributed by atoms with Crippen LogP contribution >= 0.6 is 0 Å². The molecule has 0 aliphatic heterocycles. The molecule has 0 N–H and O–H groups in total. The fraction of sp³-hybridized carbons (Fsp3) is 0.0769. The van der Waals surface area contributed by atoms with E-state index >= 15 is 0 Å². The maximum atomic E-state index is 14.7. The molecular weight excluding hydrogens is 426 g/mol. The van der Waals surface area contributed by atoms with Crippen LogP contribution < -0.4 is 14.2 Å². The molecule has 33 heavy (non-hydrogen) atoms. The number of fused-ring (bicyclic) bond motifs is 2. The first-order valence-electron chi connectivity index (χ1n) is 10.1. The molecule has 5 aromatic rings. The lowest BCUT2D eigenvalue weighted by Crippen LogP contribution is -1.97. The Kier molecular flexibility index (Phi) is 5.22. The first kappa shape index (κ1) is 20.6. The van der Waals surface area contributed by atoms with Gasteiger partial charge in [-0.05, 0) is 36.4 Å². The first-order valence-corrected chi connectivity index (χ1v) is 10.1. The van der Waals surface area contributed by atoms with Crippen LogP contribution in [0.4, 0.5) is 8.78 Å². The van der Waals surface area contributed by atoms with E-state index in [1.165, 1.54) is 12.1 Å². The van der Waals surface area contributed by atoms with Crippen LogP contribution in [0.25, 0.3) is 33.1 Å². The number of ether oxygens (including phenoxy) is 3. The Hall–Kier alpha value is -4.26. The summed E-state index contributed by atoms with van der Waals surface area (Å²) >= 11 is 0. The highest BCUT2D eigenvalue weighted by atomic mass is 19.1. The van der Waals surface area contributed by atoms with Crippen molar-refractivity contribution in [3.8, 4) is 34.3 Å². The van der Waals surface area contributed by atoms with Crippen molar-refractivity contribution in [2.45, 2.75) is 0 Å². The van der Waals surface area contributed by atoms with Gasteiger partial charge >= 0.3 is 0 Å². The van der Waals surface area contributed by atoms with Crippen molar-refractivity contribution in [2.24, 2.45) is 0 Å². The van der Waals surface area contributed by atoms with E-state index in [0.717, 1.165) is 11.5 Å². The number of rotatable bonds is 5. The monoisotopic (exact) mass is 444 g/mol. The molecule has 0 saturated carbocycles. The van der Waals surface area contributed by atoms with Gasteiger partial charge in [0.25, 0.3) is 0 Å². The summed E-state index contributed by atoms with van der Waals surface area (Å²) in [6.07, 6.45) is 1.61. The average molecular weight is 444 g/mol. The van der Waals surface area contributed by atoms with Gasteiger partial charge in [0, 0.05) is 34.7 Å². The summed E-state index contributed by atoms with van der Waals surface area (Å²) in [6.45, 7) is 0. The summed E-state index contributed by atoms with van der Waals surface area (Å²) in [4.78, 5) is 9.01. The van der Waals surface area contributed by atoms with Crippen LogP contribution in [0.3, 0.4) is 0 Å². The Bertz CT molecular complexity index is 1500. The fourth-order valence-electron chi connectivity index (χ4n) is 3.70. The van der Waals surface area contributed by atoms with Gasteiger partial charge in [0.05, 0.1) is 25.3 Å². The Morgan fingerprint density at radius 2 is 1.52 bits per heavy atom. The zero-order valence-corrected chi connectivity index (χ0v) is 17.8. The number of halogens is 2. The lowest BCUT2D eigenvalue weighted by atomic mass is 10.1. The molecule has 0 amide bonds. The van der Waals surface area contributed by atoms with Crippen molar-refractivity contribution in [3.05, 3.63) is 84.6 Å². The predicted molar refractivity (Wildman–Crippen MR) is 122 cm³/mol. The summed E-state index contributed by atoms with van der Waals surface area (Å²) in [5, 5.41) is 1.49. The number of pyridine rings is 2. The molecule has 0 saturated heterocycles. The van der Waals surface area contributed by atoms with Crippen LogP contribution in [0.15, 0.2) is 72.9 Å². The quantitative estimate of drug-likeness (QED) is 0.308. The Morgan fingerprint density at radius 1 is 0.727 bits per heavy atom. The number of benzene rings is 3. The van der Waals surface area contributed by atoms with E-state index in [9.17, 15) is 8.78 Å². The van der Waals surface area contributed by atoms with E-state index in [1.54, 1.807) is 44.7 Å². The van der Waals surface area contributed by atoms with E-state index in [2.05, 4.69) is 9.97 Å². The second-order valence-electron chi connectivity index (χ2n) is 7.29. The maximum absolute atomic E-state index is 14.7. The van der Waals surface area contributed by atoms with Gasteiger partial charge in [-0.3, -0.25) is 4.98 Å². The smallest absolute Gasteiger partial charge is 0.162 e. The fourth-order valence-corrected chi connectivity index (χ4v) is 3.70. The van der Waals surface area contributed by atoms with E-state index in [4.69, 9.17) is 14.2 Å². The molecule has 2 heterocycles. The first-order chi connectivity index (χ1) is 16.1. The maximum Gasteiger partial charge on any atom is 0.162 e. The van der Waals surface area contributed by atoms with Crippen molar-refractivity contribution in [1.82, 2.24) is 9.97 Å². The third-order valence-electron chi connectivity index (χ3n) is 5.30. The molecule has 5 nitrogen and oxygen atoms in total.